The maximum Gasteiger partial charge on any atom is 0.299 e. The van der Waals surface area contributed by atoms with E-state index in [1.807, 2.05) is 26.8 Å². The van der Waals surface area contributed by atoms with Gasteiger partial charge in [0.1, 0.15) is 6.54 Å². The molecule has 0 atom stereocenters. The minimum Gasteiger partial charge on any atom is -0.342 e. The van der Waals surface area contributed by atoms with Gasteiger partial charge >= 0.3 is 0 Å². The quantitative estimate of drug-likeness (QED) is 0.791. The van der Waals surface area contributed by atoms with Crippen LogP contribution in [0, 0.1) is 0 Å². The minimum atomic E-state index is -0.622. The van der Waals surface area contributed by atoms with Crippen LogP contribution < -0.4 is 4.90 Å². The lowest BCUT2D eigenvalue weighted by atomic mass is 10.1. The number of carbonyl (C=O) groups is 3. The van der Waals surface area contributed by atoms with Crippen LogP contribution >= 0.6 is 0 Å². The zero-order valence-corrected chi connectivity index (χ0v) is 12.8. The molecule has 5 heteroatoms. The molecule has 112 valence electrons. The summed E-state index contributed by atoms with van der Waals surface area (Å²) in [5, 5.41) is 0. The molecule has 1 aliphatic rings. The molecule has 1 aliphatic heterocycles. The van der Waals surface area contributed by atoms with E-state index >= 15 is 0 Å². The lowest BCUT2D eigenvalue weighted by molar-refractivity contribution is -0.131. The van der Waals surface area contributed by atoms with Crippen molar-refractivity contribution in [2.45, 2.75) is 33.2 Å². The number of nitrogens with zero attached hydrogens (tertiary/aromatic N) is 2. The lowest BCUT2D eigenvalue weighted by Crippen LogP contribution is -2.43. The fourth-order valence-corrected chi connectivity index (χ4v) is 2.26. The van der Waals surface area contributed by atoms with Crippen LogP contribution in [0.1, 0.15) is 36.7 Å². The Morgan fingerprint density at radius 2 is 1.95 bits per heavy atom. The summed E-state index contributed by atoms with van der Waals surface area (Å²) >= 11 is 0. The van der Waals surface area contributed by atoms with E-state index in [-0.39, 0.29) is 18.5 Å². The third-order valence-electron chi connectivity index (χ3n) is 3.91. The van der Waals surface area contributed by atoms with Crippen molar-refractivity contribution < 1.29 is 14.4 Å². The van der Waals surface area contributed by atoms with Gasteiger partial charge in [-0.25, -0.2) is 0 Å². The molecule has 5 nitrogen and oxygen atoms in total. The summed E-state index contributed by atoms with van der Waals surface area (Å²) in [7, 11) is 1.69. The fraction of sp³-hybridized carbons (Fsp3) is 0.438. The van der Waals surface area contributed by atoms with Gasteiger partial charge in [0.05, 0.1) is 11.3 Å². The number of carbonyl (C=O) groups excluding carboxylic acids is 3. The van der Waals surface area contributed by atoms with E-state index < -0.39 is 11.7 Å². The number of anilines is 1. The normalized spacial score (nSPS) is 13.9. The Labute approximate surface area is 124 Å². The Morgan fingerprint density at radius 1 is 1.29 bits per heavy atom. The molecule has 0 bridgehead atoms. The first-order valence-corrected chi connectivity index (χ1v) is 7.11. The van der Waals surface area contributed by atoms with Crippen LogP contribution in [-0.2, 0) is 16.0 Å². The largest absolute Gasteiger partial charge is 0.342 e. The second-order valence-corrected chi connectivity index (χ2v) is 5.52. The van der Waals surface area contributed by atoms with Gasteiger partial charge < -0.3 is 4.90 Å². The van der Waals surface area contributed by atoms with E-state index in [1.54, 1.807) is 24.1 Å². The fourth-order valence-electron chi connectivity index (χ4n) is 2.26. The van der Waals surface area contributed by atoms with Crippen molar-refractivity contribution in [3.63, 3.8) is 0 Å². The average molecular weight is 288 g/mol. The third kappa shape index (κ3) is 2.68. The number of amides is 2. The first-order valence-electron chi connectivity index (χ1n) is 7.11. The van der Waals surface area contributed by atoms with E-state index in [0.717, 1.165) is 12.0 Å². The molecule has 1 aromatic carbocycles. The SMILES string of the molecule is CCc1ccc2c(c1)C(=O)C(=O)N2CC(=O)N(C)C(C)C. The van der Waals surface area contributed by atoms with Gasteiger partial charge in [-0.05, 0) is 38.0 Å². The number of aryl methyl sites for hydroxylation is 1. The summed E-state index contributed by atoms with van der Waals surface area (Å²) in [5.41, 5.74) is 1.94. The van der Waals surface area contributed by atoms with Crippen LogP contribution in [0.2, 0.25) is 0 Å². The predicted octanol–water partition coefficient (Wildman–Crippen LogP) is 1.65. The number of ketones is 1. The van der Waals surface area contributed by atoms with Crippen LogP contribution in [0.15, 0.2) is 18.2 Å². The molecule has 0 saturated carbocycles. The van der Waals surface area contributed by atoms with Crippen LogP contribution in [0.5, 0.6) is 0 Å². The highest BCUT2D eigenvalue weighted by Crippen LogP contribution is 2.29. The Bertz CT molecular complexity index is 608. The Balaban J connectivity index is 2.29. The summed E-state index contributed by atoms with van der Waals surface area (Å²) in [5.74, 6) is -1.33. The smallest absolute Gasteiger partial charge is 0.299 e. The number of hydrogen-bond acceptors (Lipinski definition) is 3. The molecule has 1 heterocycles. The van der Waals surface area contributed by atoms with Gasteiger partial charge in [0.2, 0.25) is 5.91 Å². The molecule has 21 heavy (non-hydrogen) atoms. The second kappa shape index (κ2) is 5.68. The zero-order chi connectivity index (χ0) is 15.7. The van der Waals surface area contributed by atoms with E-state index in [2.05, 4.69) is 0 Å². The van der Waals surface area contributed by atoms with Gasteiger partial charge in [0.25, 0.3) is 11.7 Å². The number of Topliss-reactive ketones (excluding diaryl/α,β-unsaturated/α-hetero) is 1. The molecule has 0 radical (unpaired) electrons. The highest BCUT2D eigenvalue weighted by molar-refractivity contribution is 6.52. The molecule has 1 aromatic rings. The van der Waals surface area contributed by atoms with Crippen LogP contribution in [-0.4, -0.2) is 42.1 Å². The molecule has 0 aliphatic carbocycles. The maximum atomic E-state index is 12.1. The number of benzene rings is 1. The number of likely N-dealkylation sites (N-methyl/N-ethyl adjacent to an activating group) is 1. The number of fused-ring (bicyclic) bond motifs is 1. The molecule has 2 amide bonds. The lowest BCUT2D eigenvalue weighted by Gasteiger charge is -2.24. The van der Waals surface area contributed by atoms with Gasteiger partial charge in [-0.2, -0.15) is 0 Å². The van der Waals surface area contributed by atoms with Crippen molar-refractivity contribution in [1.29, 1.82) is 0 Å². The Hall–Kier alpha value is -2.17. The summed E-state index contributed by atoms with van der Waals surface area (Å²) in [6.07, 6.45) is 0.795. The molecular formula is C16H20N2O3. The van der Waals surface area contributed by atoms with Crippen LogP contribution in [0.25, 0.3) is 0 Å². The molecule has 0 N–H and O–H groups in total. The predicted molar refractivity (Wildman–Crippen MR) is 80.4 cm³/mol. The van der Waals surface area contributed by atoms with Crippen molar-refractivity contribution in [2.24, 2.45) is 0 Å². The Kier molecular flexibility index (Phi) is 4.11. The maximum absolute atomic E-state index is 12.1. The highest BCUT2D eigenvalue weighted by atomic mass is 16.2. The van der Waals surface area contributed by atoms with Crippen LogP contribution in [0.4, 0.5) is 5.69 Å². The molecule has 0 aromatic heterocycles. The van der Waals surface area contributed by atoms with E-state index in [0.29, 0.717) is 11.3 Å². The van der Waals surface area contributed by atoms with Gasteiger partial charge in [0.15, 0.2) is 0 Å². The van der Waals surface area contributed by atoms with Gasteiger partial charge in [0, 0.05) is 13.1 Å². The highest BCUT2D eigenvalue weighted by Gasteiger charge is 2.37. The van der Waals surface area contributed by atoms with Gasteiger partial charge in [-0.3, -0.25) is 19.3 Å². The third-order valence-corrected chi connectivity index (χ3v) is 3.91. The Morgan fingerprint density at radius 3 is 2.52 bits per heavy atom. The first kappa shape index (κ1) is 15.2. The number of hydrogen-bond donors (Lipinski definition) is 0. The van der Waals surface area contributed by atoms with Gasteiger partial charge in [-0.1, -0.05) is 13.0 Å². The molecule has 0 spiro atoms. The topological polar surface area (TPSA) is 57.7 Å². The summed E-state index contributed by atoms with van der Waals surface area (Å²) in [6.45, 7) is 5.69. The summed E-state index contributed by atoms with van der Waals surface area (Å²) < 4.78 is 0. The average Bonchev–Trinajstić information content (AvgIpc) is 2.70. The van der Waals surface area contributed by atoms with Gasteiger partial charge in [-0.15, -0.1) is 0 Å². The first-order chi connectivity index (χ1) is 9.86. The van der Waals surface area contributed by atoms with Crippen molar-refractivity contribution >= 4 is 23.3 Å². The molecule has 0 saturated heterocycles. The standard InChI is InChI=1S/C16H20N2O3/c1-5-11-6-7-13-12(8-11)15(20)16(21)18(13)9-14(19)17(4)10(2)3/h6-8,10H,5,9H2,1-4H3. The van der Waals surface area contributed by atoms with Crippen LogP contribution in [0.3, 0.4) is 0 Å². The van der Waals surface area contributed by atoms with Crippen molar-refractivity contribution in [3.05, 3.63) is 29.3 Å². The summed E-state index contributed by atoms with van der Waals surface area (Å²) in [6, 6.07) is 5.42. The molecule has 0 fully saturated rings. The van der Waals surface area contributed by atoms with E-state index in [4.69, 9.17) is 0 Å². The molecular weight excluding hydrogens is 268 g/mol. The second-order valence-electron chi connectivity index (χ2n) is 5.52. The van der Waals surface area contributed by atoms with E-state index in [9.17, 15) is 14.4 Å². The monoisotopic (exact) mass is 288 g/mol. The van der Waals surface area contributed by atoms with E-state index in [1.165, 1.54) is 4.90 Å². The summed E-state index contributed by atoms with van der Waals surface area (Å²) in [4.78, 5) is 39.1. The minimum absolute atomic E-state index is 0.0489. The molecule has 2 rings (SSSR count). The zero-order valence-electron chi connectivity index (χ0n) is 12.8. The van der Waals surface area contributed by atoms with Crippen molar-refractivity contribution in [1.82, 2.24) is 4.90 Å². The van der Waals surface area contributed by atoms with Crippen molar-refractivity contribution in [2.75, 3.05) is 18.5 Å². The van der Waals surface area contributed by atoms with Crippen molar-refractivity contribution in [3.8, 4) is 0 Å². The molecule has 0 unspecified atom stereocenters. The number of rotatable bonds is 4.